The Morgan fingerprint density at radius 1 is 1.10 bits per heavy atom. The van der Waals surface area contributed by atoms with E-state index in [0.717, 1.165) is 24.3 Å². The minimum atomic E-state index is -0.508. The summed E-state index contributed by atoms with van der Waals surface area (Å²) in [6.07, 6.45) is 1.81. The van der Waals surface area contributed by atoms with E-state index in [-0.39, 0.29) is 34.3 Å². The van der Waals surface area contributed by atoms with E-state index in [0.29, 0.717) is 5.69 Å². The Balaban J connectivity index is 1.91. The number of rotatable bonds is 6. The second-order valence-electron chi connectivity index (χ2n) is 7.09. The first-order chi connectivity index (χ1) is 13.9. The predicted molar refractivity (Wildman–Crippen MR) is 115 cm³/mol. The normalized spacial score (nSPS) is 14.3. The van der Waals surface area contributed by atoms with Crippen LogP contribution in [0.25, 0.3) is 0 Å². The molecule has 1 heterocycles. The van der Waals surface area contributed by atoms with Crippen molar-refractivity contribution >= 4 is 34.8 Å². The van der Waals surface area contributed by atoms with Crippen LogP contribution in [0.1, 0.15) is 39.1 Å². The Hall–Kier alpha value is -2.87. The van der Waals surface area contributed by atoms with Gasteiger partial charge in [-0.05, 0) is 42.5 Å². The summed E-state index contributed by atoms with van der Waals surface area (Å²) >= 11 is 1.87. The third-order valence-electron chi connectivity index (χ3n) is 4.89. The molecular weight excluding hydrogens is 390 g/mol. The van der Waals surface area contributed by atoms with Gasteiger partial charge in [0.2, 0.25) is 0 Å². The van der Waals surface area contributed by atoms with Gasteiger partial charge in [0.05, 0.1) is 10.5 Å². The number of carbonyl (C=O) groups is 2. The van der Waals surface area contributed by atoms with Crippen molar-refractivity contribution in [3.63, 3.8) is 0 Å². The van der Waals surface area contributed by atoms with Crippen LogP contribution in [-0.4, -0.2) is 48.3 Å². The van der Waals surface area contributed by atoms with Crippen LogP contribution in [0, 0.1) is 10.1 Å². The molecule has 2 aromatic carbocycles. The van der Waals surface area contributed by atoms with Crippen LogP contribution in [0.5, 0.6) is 0 Å². The van der Waals surface area contributed by atoms with Crippen LogP contribution in [0.15, 0.2) is 42.5 Å². The lowest BCUT2D eigenvalue weighted by atomic mass is 9.96. The van der Waals surface area contributed by atoms with Gasteiger partial charge in [-0.1, -0.05) is 18.2 Å². The van der Waals surface area contributed by atoms with E-state index in [1.165, 1.54) is 6.07 Å². The SMILES string of the molecule is CN(C)c1ccc(C(=O)c2ccccc2C(=O)NC2CCSCC2)cc1[N+](=O)[O-]. The van der Waals surface area contributed by atoms with Gasteiger partial charge in [0.15, 0.2) is 5.78 Å². The molecule has 1 N–H and O–H groups in total. The number of hydrogen-bond donors (Lipinski definition) is 1. The fraction of sp³-hybridized carbons (Fsp3) is 0.333. The van der Waals surface area contributed by atoms with E-state index < -0.39 is 10.7 Å². The van der Waals surface area contributed by atoms with Crippen molar-refractivity contribution in [2.75, 3.05) is 30.5 Å². The number of benzene rings is 2. The number of carbonyl (C=O) groups excluding carboxylic acids is 2. The molecule has 0 atom stereocenters. The van der Waals surface area contributed by atoms with Gasteiger partial charge in [-0.15, -0.1) is 0 Å². The summed E-state index contributed by atoms with van der Waals surface area (Å²) in [6, 6.07) is 11.1. The molecule has 0 aliphatic carbocycles. The summed E-state index contributed by atoms with van der Waals surface area (Å²) in [5.74, 6) is 1.31. The van der Waals surface area contributed by atoms with E-state index in [2.05, 4.69) is 5.32 Å². The molecule has 0 aromatic heterocycles. The molecule has 1 amide bonds. The predicted octanol–water partition coefficient (Wildman–Crippen LogP) is 3.52. The monoisotopic (exact) mass is 413 g/mol. The van der Waals surface area contributed by atoms with Crippen molar-refractivity contribution in [1.82, 2.24) is 5.32 Å². The van der Waals surface area contributed by atoms with Gasteiger partial charge in [0.25, 0.3) is 11.6 Å². The Labute approximate surface area is 173 Å². The zero-order chi connectivity index (χ0) is 21.0. The molecule has 8 heteroatoms. The molecule has 1 saturated heterocycles. The first-order valence-electron chi connectivity index (χ1n) is 9.36. The third kappa shape index (κ3) is 4.76. The number of hydrogen-bond acceptors (Lipinski definition) is 6. The molecule has 7 nitrogen and oxygen atoms in total. The minimum absolute atomic E-state index is 0.104. The van der Waals surface area contributed by atoms with Crippen LogP contribution >= 0.6 is 11.8 Å². The van der Waals surface area contributed by atoms with Crippen LogP contribution in [0.4, 0.5) is 11.4 Å². The highest BCUT2D eigenvalue weighted by Crippen LogP contribution is 2.29. The second kappa shape index (κ2) is 9.09. The Morgan fingerprint density at radius 3 is 2.38 bits per heavy atom. The van der Waals surface area contributed by atoms with Gasteiger partial charge in [0, 0.05) is 37.3 Å². The fourth-order valence-corrected chi connectivity index (χ4v) is 4.44. The molecule has 152 valence electrons. The lowest BCUT2D eigenvalue weighted by Gasteiger charge is -2.23. The number of nitrogens with zero attached hydrogens (tertiary/aromatic N) is 2. The van der Waals surface area contributed by atoms with Gasteiger partial charge < -0.3 is 10.2 Å². The molecule has 1 fully saturated rings. The van der Waals surface area contributed by atoms with E-state index in [1.54, 1.807) is 55.4 Å². The van der Waals surface area contributed by atoms with E-state index in [9.17, 15) is 19.7 Å². The first kappa shape index (κ1) is 20.9. The maximum atomic E-state index is 13.1. The highest BCUT2D eigenvalue weighted by atomic mass is 32.2. The lowest BCUT2D eigenvalue weighted by molar-refractivity contribution is -0.384. The second-order valence-corrected chi connectivity index (χ2v) is 8.31. The fourth-order valence-electron chi connectivity index (χ4n) is 3.33. The van der Waals surface area contributed by atoms with E-state index in [4.69, 9.17) is 0 Å². The Morgan fingerprint density at radius 2 is 1.76 bits per heavy atom. The molecule has 29 heavy (non-hydrogen) atoms. The Bertz CT molecular complexity index is 939. The van der Waals surface area contributed by atoms with Crippen LogP contribution < -0.4 is 10.2 Å². The number of anilines is 1. The maximum Gasteiger partial charge on any atom is 0.293 e. The average Bonchev–Trinajstić information content (AvgIpc) is 2.73. The van der Waals surface area contributed by atoms with Crippen molar-refractivity contribution in [1.29, 1.82) is 0 Å². The number of thioether (sulfide) groups is 1. The topological polar surface area (TPSA) is 92.6 Å². The van der Waals surface area contributed by atoms with Crippen molar-refractivity contribution < 1.29 is 14.5 Å². The summed E-state index contributed by atoms with van der Waals surface area (Å²) in [5, 5.41) is 14.5. The molecule has 1 aliphatic rings. The first-order valence-corrected chi connectivity index (χ1v) is 10.5. The molecule has 0 bridgehead atoms. The van der Waals surface area contributed by atoms with Crippen molar-refractivity contribution in [2.24, 2.45) is 0 Å². The summed E-state index contributed by atoms with van der Waals surface area (Å²) in [5.41, 5.74) is 0.962. The van der Waals surface area contributed by atoms with E-state index in [1.807, 2.05) is 11.8 Å². The average molecular weight is 413 g/mol. The summed E-state index contributed by atoms with van der Waals surface area (Å²) in [7, 11) is 3.40. The quantitative estimate of drug-likeness (QED) is 0.443. The van der Waals surface area contributed by atoms with Gasteiger partial charge in [-0.2, -0.15) is 11.8 Å². The smallest absolute Gasteiger partial charge is 0.293 e. The molecule has 0 radical (unpaired) electrons. The largest absolute Gasteiger partial charge is 0.372 e. The Kier molecular flexibility index (Phi) is 6.53. The van der Waals surface area contributed by atoms with E-state index >= 15 is 0 Å². The van der Waals surface area contributed by atoms with Crippen molar-refractivity contribution in [3.05, 3.63) is 69.3 Å². The van der Waals surface area contributed by atoms with Crippen molar-refractivity contribution in [3.8, 4) is 0 Å². The highest BCUT2D eigenvalue weighted by molar-refractivity contribution is 7.99. The molecule has 3 rings (SSSR count). The third-order valence-corrected chi connectivity index (χ3v) is 5.94. The van der Waals surface area contributed by atoms with Gasteiger partial charge >= 0.3 is 0 Å². The summed E-state index contributed by atoms with van der Waals surface area (Å²) in [6.45, 7) is 0. The van der Waals surface area contributed by atoms with Gasteiger partial charge in [0.1, 0.15) is 5.69 Å². The molecule has 1 aliphatic heterocycles. The molecule has 0 unspecified atom stereocenters. The number of nitrogens with one attached hydrogen (secondary N) is 1. The van der Waals surface area contributed by atoms with Gasteiger partial charge in [-0.25, -0.2) is 0 Å². The minimum Gasteiger partial charge on any atom is -0.372 e. The van der Waals surface area contributed by atoms with Crippen LogP contribution in [-0.2, 0) is 0 Å². The molecule has 2 aromatic rings. The lowest BCUT2D eigenvalue weighted by Crippen LogP contribution is -2.38. The molecule has 0 saturated carbocycles. The zero-order valence-electron chi connectivity index (χ0n) is 16.4. The molecule has 0 spiro atoms. The number of amides is 1. The summed E-state index contributed by atoms with van der Waals surface area (Å²) in [4.78, 5) is 38.5. The van der Waals surface area contributed by atoms with Crippen LogP contribution in [0.3, 0.4) is 0 Å². The zero-order valence-corrected chi connectivity index (χ0v) is 17.2. The standard InChI is InChI=1S/C21H23N3O4S/c1-23(2)18-8-7-14(13-19(18)24(27)28)20(25)16-5-3-4-6-17(16)21(26)22-15-9-11-29-12-10-15/h3-8,13,15H,9-12H2,1-2H3,(H,22,26). The number of nitro benzene ring substituents is 1. The number of ketones is 1. The van der Waals surface area contributed by atoms with Crippen LogP contribution in [0.2, 0.25) is 0 Å². The number of nitro groups is 1. The maximum absolute atomic E-state index is 13.1. The highest BCUT2D eigenvalue weighted by Gasteiger charge is 2.24. The van der Waals surface area contributed by atoms with Gasteiger partial charge in [-0.3, -0.25) is 19.7 Å². The molecular formula is C21H23N3O4S. The summed E-state index contributed by atoms with van der Waals surface area (Å²) < 4.78 is 0. The van der Waals surface area contributed by atoms with Crippen molar-refractivity contribution in [2.45, 2.75) is 18.9 Å².